The molecule has 1 N–H and O–H groups in total. The Morgan fingerprint density at radius 2 is 0.868 bits per heavy atom. The molecule has 0 aromatic carbocycles. The van der Waals surface area contributed by atoms with Crippen molar-refractivity contribution in [2.45, 2.75) is 167 Å². The van der Waals surface area contributed by atoms with Crippen molar-refractivity contribution in [1.82, 2.24) is 0 Å². The molecule has 0 saturated heterocycles. The molecule has 0 fully saturated rings. The first-order valence-corrected chi connectivity index (χ1v) is 17.1. The van der Waals surface area contributed by atoms with Gasteiger partial charge in [-0.25, -0.2) is 0 Å². The Labute approximate surface area is 234 Å². The van der Waals surface area contributed by atoms with Gasteiger partial charge in [0, 0.05) is 0 Å². The van der Waals surface area contributed by atoms with Crippen LogP contribution in [0.5, 0.6) is 0 Å². The summed E-state index contributed by atoms with van der Waals surface area (Å²) in [6.45, 7) is 4.70. The summed E-state index contributed by atoms with van der Waals surface area (Å²) in [6.07, 6.45) is 24.9. The van der Waals surface area contributed by atoms with Gasteiger partial charge in [-0.05, 0) is 12.8 Å². The van der Waals surface area contributed by atoms with Crippen LogP contribution in [0.3, 0.4) is 0 Å². The summed E-state index contributed by atoms with van der Waals surface area (Å²) in [6, 6.07) is 0. The lowest BCUT2D eigenvalue weighted by molar-refractivity contribution is -0.150. The second-order valence-corrected chi connectivity index (χ2v) is 12.3. The van der Waals surface area contributed by atoms with Crippen molar-refractivity contribution in [3.63, 3.8) is 0 Å². The monoisotopic (exact) mass is 562 g/mol. The molecular formula is C30H58O7S. The summed E-state index contributed by atoms with van der Waals surface area (Å²) in [7, 11) is -4.76. The number of unbranched alkanes of at least 4 members (excludes halogenated alkanes) is 20. The Bertz CT molecular complexity index is 664. The zero-order valence-corrected chi connectivity index (χ0v) is 25.4. The van der Waals surface area contributed by atoms with Gasteiger partial charge in [0.05, 0.1) is 19.6 Å². The van der Waals surface area contributed by atoms with E-state index < -0.39 is 33.7 Å². The summed E-state index contributed by atoms with van der Waals surface area (Å²) >= 11 is 0. The molecule has 0 aliphatic rings. The number of hydrogen-bond donors (Lipinski definition) is 1. The van der Waals surface area contributed by atoms with Crippen molar-refractivity contribution < 1.29 is 32.0 Å². The van der Waals surface area contributed by atoms with Gasteiger partial charge >= 0.3 is 11.9 Å². The second-order valence-electron chi connectivity index (χ2n) is 10.7. The van der Waals surface area contributed by atoms with E-state index >= 15 is 0 Å². The molecule has 0 amide bonds. The fraction of sp³-hybridized carbons (Fsp3) is 0.933. The van der Waals surface area contributed by atoms with Crippen LogP contribution in [0.4, 0.5) is 0 Å². The Hall–Kier alpha value is -1.15. The van der Waals surface area contributed by atoms with E-state index in [1.807, 2.05) is 0 Å². The lowest BCUT2D eigenvalue weighted by Gasteiger charge is -2.13. The molecule has 0 aliphatic heterocycles. The lowest BCUT2D eigenvalue weighted by Crippen LogP contribution is -2.34. The van der Waals surface area contributed by atoms with E-state index in [0.29, 0.717) is 12.8 Å². The topological polar surface area (TPSA) is 107 Å². The van der Waals surface area contributed by atoms with Gasteiger partial charge in [-0.15, -0.1) is 0 Å². The maximum Gasteiger partial charge on any atom is 0.327 e. The Morgan fingerprint density at radius 3 is 1.21 bits per heavy atom. The van der Waals surface area contributed by atoms with Crippen molar-refractivity contribution in [2.24, 2.45) is 0 Å². The largest absolute Gasteiger partial charge is 0.466 e. The summed E-state index contributed by atoms with van der Waals surface area (Å²) in [5, 5.41) is -1.93. The van der Waals surface area contributed by atoms with Crippen LogP contribution in [-0.2, 0) is 29.2 Å². The minimum atomic E-state index is -4.76. The Kier molecular flexibility index (Phi) is 25.3. The number of hydrogen-bond acceptors (Lipinski definition) is 6. The zero-order chi connectivity index (χ0) is 28.3. The first kappa shape index (κ1) is 36.8. The highest BCUT2D eigenvalue weighted by molar-refractivity contribution is 7.87. The van der Waals surface area contributed by atoms with E-state index in [-0.39, 0.29) is 13.2 Å². The minimum absolute atomic E-state index is 0.0786. The van der Waals surface area contributed by atoms with E-state index in [9.17, 15) is 22.6 Å². The number of esters is 2. The lowest BCUT2D eigenvalue weighted by atomic mass is 10.1. The number of carbonyl (C=O) groups is 2. The molecule has 226 valence electrons. The third-order valence-electron chi connectivity index (χ3n) is 6.98. The van der Waals surface area contributed by atoms with E-state index in [2.05, 4.69) is 13.8 Å². The SMILES string of the molecule is CCCCCCCCCCCCCCOC(=O)CC(C(=O)OCCCCCCCCCCCC)S(=O)(=O)O. The van der Waals surface area contributed by atoms with Gasteiger partial charge in [0.2, 0.25) is 0 Å². The molecule has 0 aromatic rings. The third kappa shape index (κ3) is 23.9. The second kappa shape index (κ2) is 26.1. The van der Waals surface area contributed by atoms with Crippen LogP contribution in [0.2, 0.25) is 0 Å². The van der Waals surface area contributed by atoms with Crippen LogP contribution < -0.4 is 0 Å². The van der Waals surface area contributed by atoms with Gasteiger partial charge in [-0.3, -0.25) is 14.1 Å². The first-order chi connectivity index (χ1) is 18.3. The summed E-state index contributed by atoms with van der Waals surface area (Å²) in [5.74, 6) is -1.91. The Morgan fingerprint density at radius 1 is 0.553 bits per heavy atom. The summed E-state index contributed by atoms with van der Waals surface area (Å²) in [4.78, 5) is 24.3. The average Bonchev–Trinajstić information content (AvgIpc) is 2.87. The van der Waals surface area contributed by atoms with Crippen LogP contribution in [0.15, 0.2) is 0 Å². The van der Waals surface area contributed by atoms with Crippen LogP contribution >= 0.6 is 0 Å². The van der Waals surface area contributed by atoms with Crippen molar-refractivity contribution in [1.29, 1.82) is 0 Å². The molecule has 0 rings (SSSR count). The van der Waals surface area contributed by atoms with Crippen molar-refractivity contribution in [3.05, 3.63) is 0 Å². The molecule has 1 unspecified atom stereocenters. The molecule has 1 atom stereocenters. The van der Waals surface area contributed by atoms with E-state index in [1.165, 1.54) is 96.3 Å². The van der Waals surface area contributed by atoms with E-state index in [0.717, 1.165) is 32.1 Å². The molecule has 0 aromatic heterocycles. The highest BCUT2D eigenvalue weighted by Gasteiger charge is 2.35. The predicted molar refractivity (Wildman–Crippen MR) is 155 cm³/mol. The Balaban J connectivity index is 3.87. The fourth-order valence-electron chi connectivity index (χ4n) is 4.50. The van der Waals surface area contributed by atoms with Gasteiger partial charge in [0.1, 0.15) is 0 Å². The average molecular weight is 563 g/mol. The van der Waals surface area contributed by atoms with Gasteiger partial charge < -0.3 is 9.47 Å². The predicted octanol–water partition coefficient (Wildman–Crippen LogP) is 8.34. The fourth-order valence-corrected chi connectivity index (χ4v) is 5.16. The van der Waals surface area contributed by atoms with Crippen molar-refractivity contribution >= 4 is 22.1 Å². The molecular weight excluding hydrogens is 504 g/mol. The van der Waals surface area contributed by atoms with Gasteiger partial charge in [-0.1, -0.05) is 142 Å². The van der Waals surface area contributed by atoms with Crippen molar-refractivity contribution in [2.75, 3.05) is 13.2 Å². The van der Waals surface area contributed by atoms with Crippen LogP contribution in [0.1, 0.15) is 162 Å². The maximum atomic E-state index is 12.2. The number of carbonyl (C=O) groups excluding carboxylic acids is 2. The highest BCUT2D eigenvalue weighted by Crippen LogP contribution is 2.14. The molecule has 7 nitrogen and oxygen atoms in total. The quantitative estimate of drug-likeness (QED) is 0.0580. The molecule has 38 heavy (non-hydrogen) atoms. The standard InChI is InChI=1S/C30H58O7S/c1-3-5-7-9-11-13-15-16-18-19-21-23-25-36-29(31)27-28(38(33,34)35)30(32)37-26-24-22-20-17-14-12-10-8-6-4-2/h28H,3-27H2,1-2H3,(H,33,34,35). The summed E-state index contributed by atoms with van der Waals surface area (Å²) in [5.41, 5.74) is 0. The van der Waals surface area contributed by atoms with E-state index in [1.54, 1.807) is 0 Å². The normalized spacial score (nSPS) is 12.4. The minimum Gasteiger partial charge on any atom is -0.466 e. The summed E-state index contributed by atoms with van der Waals surface area (Å²) < 4.78 is 42.9. The third-order valence-corrected chi connectivity index (χ3v) is 8.06. The zero-order valence-electron chi connectivity index (χ0n) is 24.6. The van der Waals surface area contributed by atoms with Gasteiger partial charge in [-0.2, -0.15) is 8.42 Å². The number of rotatable bonds is 28. The van der Waals surface area contributed by atoms with Crippen LogP contribution in [0.25, 0.3) is 0 Å². The molecule has 0 aliphatic carbocycles. The molecule has 0 heterocycles. The molecule has 0 saturated carbocycles. The van der Waals surface area contributed by atoms with Gasteiger partial charge in [0.25, 0.3) is 10.1 Å². The molecule has 0 radical (unpaired) electrons. The first-order valence-electron chi connectivity index (χ1n) is 15.6. The van der Waals surface area contributed by atoms with Crippen LogP contribution in [-0.4, -0.2) is 43.4 Å². The van der Waals surface area contributed by atoms with E-state index in [4.69, 9.17) is 9.47 Å². The van der Waals surface area contributed by atoms with Crippen molar-refractivity contribution in [3.8, 4) is 0 Å². The van der Waals surface area contributed by atoms with Gasteiger partial charge in [0.15, 0.2) is 5.25 Å². The maximum absolute atomic E-state index is 12.2. The molecule has 0 spiro atoms. The van der Waals surface area contributed by atoms with Crippen LogP contribution in [0, 0.1) is 0 Å². The molecule has 8 heteroatoms. The highest BCUT2D eigenvalue weighted by atomic mass is 32.2. The number of ether oxygens (including phenoxy) is 2. The molecule has 0 bridgehead atoms. The smallest absolute Gasteiger partial charge is 0.327 e.